The van der Waals surface area contributed by atoms with Gasteiger partial charge in [-0.25, -0.2) is 4.39 Å². The molecule has 4 heteroatoms. The number of carbonyl (C=O) groups excluding carboxylic acids is 1. The lowest BCUT2D eigenvalue weighted by Crippen LogP contribution is -2.14. The third kappa shape index (κ3) is 2.73. The second-order valence-electron chi connectivity index (χ2n) is 4.45. The molecule has 0 aliphatic rings. The number of anilines is 2. The quantitative estimate of drug-likeness (QED) is 0.812. The molecule has 0 aliphatic heterocycles. The smallest absolute Gasteiger partial charge is 0.257 e. The maximum absolute atomic E-state index is 13.3. The molecule has 2 aromatic carbocycles. The maximum Gasteiger partial charge on any atom is 0.257 e. The Kier molecular flexibility index (Phi) is 3.51. The van der Waals surface area contributed by atoms with Crippen LogP contribution in [-0.2, 0) is 0 Å². The second kappa shape index (κ2) is 5.10. The van der Waals surface area contributed by atoms with E-state index in [1.54, 1.807) is 6.07 Å². The van der Waals surface area contributed by atoms with Crippen molar-refractivity contribution in [2.45, 2.75) is 13.8 Å². The van der Waals surface area contributed by atoms with Crippen LogP contribution in [-0.4, -0.2) is 5.91 Å². The van der Waals surface area contributed by atoms with Crippen molar-refractivity contribution in [2.75, 3.05) is 11.1 Å². The summed E-state index contributed by atoms with van der Waals surface area (Å²) >= 11 is 0. The van der Waals surface area contributed by atoms with Gasteiger partial charge in [-0.15, -0.1) is 0 Å². The highest BCUT2D eigenvalue weighted by molar-refractivity contribution is 6.07. The summed E-state index contributed by atoms with van der Waals surface area (Å²) in [4.78, 5) is 12.0. The number of nitrogen functional groups attached to an aromatic ring is 1. The van der Waals surface area contributed by atoms with Crippen LogP contribution in [0.2, 0.25) is 0 Å². The molecule has 0 bridgehead atoms. The Balaban J connectivity index is 2.26. The molecule has 0 heterocycles. The average Bonchev–Trinajstić information content (AvgIpc) is 2.37. The van der Waals surface area contributed by atoms with E-state index in [0.717, 1.165) is 11.1 Å². The molecule has 0 saturated heterocycles. The Morgan fingerprint density at radius 3 is 2.58 bits per heavy atom. The van der Waals surface area contributed by atoms with Crippen LogP contribution >= 0.6 is 0 Å². The summed E-state index contributed by atoms with van der Waals surface area (Å²) in [5.41, 5.74) is 8.44. The third-order valence-corrected chi connectivity index (χ3v) is 3.06. The first kappa shape index (κ1) is 13.1. The highest BCUT2D eigenvalue weighted by Crippen LogP contribution is 2.19. The van der Waals surface area contributed by atoms with E-state index in [9.17, 15) is 9.18 Å². The Bertz CT molecular complexity index is 638. The minimum atomic E-state index is -0.590. The Hall–Kier alpha value is -2.36. The van der Waals surface area contributed by atoms with Crippen LogP contribution in [0.25, 0.3) is 0 Å². The van der Waals surface area contributed by atoms with Gasteiger partial charge >= 0.3 is 0 Å². The summed E-state index contributed by atoms with van der Waals surface area (Å²) < 4.78 is 13.3. The zero-order chi connectivity index (χ0) is 14.0. The molecule has 0 saturated carbocycles. The molecule has 0 unspecified atom stereocenters. The summed E-state index contributed by atoms with van der Waals surface area (Å²) in [6.45, 7) is 3.95. The van der Waals surface area contributed by atoms with E-state index in [1.165, 1.54) is 18.2 Å². The van der Waals surface area contributed by atoms with E-state index in [-0.39, 0.29) is 11.3 Å². The van der Waals surface area contributed by atoms with E-state index < -0.39 is 11.7 Å². The van der Waals surface area contributed by atoms with Gasteiger partial charge in [-0.05, 0) is 49.2 Å². The lowest BCUT2D eigenvalue weighted by molar-refractivity contribution is 0.102. The van der Waals surface area contributed by atoms with Crippen molar-refractivity contribution in [1.29, 1.82) is 0 Å². The van der Waals surface area contributed by atoms with Crippen LogP contribution < -0.4 is 11.1 Å². The largest absolute Gasteiger partial charge is 0.396 e. The summed E-state index contributed by atoms with van der Waals surface area (Å²) in [6, 6.07) is 9.76. The van der Waals surface area contributed by atoms with Gasteiger partial charge in [-0.3, -0.25) is 4.79 Å². The minimum absolute atomic E-state index is 0.135. The van der Waals surface area contributed by atoms with E-state index in [0.29, 0.717) is 5.69 Å². The molecule has 0 spiro atoms. The predicted octanol–water partition coefficient (Wildman–Crippen LogP) is 3.28. The van der Waals surface area contributed by atoms with Gasteiger partial charge in [0.2, 0.25) is 0 Å². The van der Waals surface area contributed by atoms with Gasteiger partial charge in [-0.2, -0.15) is 0 Å². The van der Waals surface area contributed by atoms with Gasteiger partial charge in [-0.1, -0.05) is 12.1 Å². The number of benzene rings is 2. The fourth-order valence-corrected chi connectivity index (χ4v) is 1.75. The number of rotatable bonds is 2. The lowest BCUT2D eigenvalue weighted by Gasteiger charge is -2.09. The number of hydrogen-bond acceptors (Lipinski definition) is 2. The monoisotopic (exact) mass is 258 g/mol. The maximum atomic E-state index is 13.3. The number of halogens is 1. The van der Waals surface area contributed by atoms with Gasteiger partial charge in [0.15, 0.2) is 0 Å². The lowest BCUT2D eigenvalue weighted by atomic mass is 10.1. The molecule has 0 atom stereocenters. The summed E-state index contributed by atoms with van der Waals surface area (Å²) in [5, 5.41) is 2.71. The molecular weight excluding hydrogens is 243 g/mol. The van der Waals surface area contributed by atoms with Crippen LogP contribution in [0.3, 0.4) is 0 Å². The Labute approximate surface area is 111 Å². The number of carbonyl (C=O) groups is 1. The zero-order valence-electron chi connectivity index (χ0n) is 10.8. The van der Waals surface area contributed by atoms with Crippen molar-refractivity contribution < 1.29 is 9.18 Å². The van der Waals surface area contributed by atoms with Crippen LogP contribution in [0.15, 0.2) is 36.4 Å². The molecule has 3 N–H and O–H groups in total. The fraction of sp³-hybridized carbons (Fsp3) is 0.133. The van der Waals surface area contributed by atoms with Gasteiger partial charge in [0.25, 0.3) is 5.91 Å². The molecule has 0 fully saturated rings. The molecule has 98 valence electrons. The van der Waals surface area contributed by atoms with Gasteiger partial charge in [0.1, 0.15) is 5.82 Å². The number of nitrogens with two attached hydrogens (primary N) is 1. The van der Waals surface area contributed by atoms with E-state index in [4.69, 9.17) is 5.73 Å². The number of hydrogen-bond donors (Lipinski definition) is 2. The molecule has 1 amide bonds. The Morgan fingerprint density at radius 1 is 1.16 bits per heavy atom. The molecule has 2 aromatic rings. The van der Waals surface area contributed by atoms with Gasteiger partial charge in [0.05, 0.1) is 11.3 Å². The number of nitrogens with one attached hydrogen (secondary N) is 1. The third-order valence-electron chi connectivity index (χ3n) is 3.06. The second-order valence-corrected chi connectivity index (χ2v) is 4.45. The highest BCUT2D eigenvalue weighted by atomic mass is 19.1. The van der Waals surface area contributed by atoms with E-state index >= 15 is 0 Å². The summed E-state index contributed by atoms with van der Waals surface area (Å²) in [7, 11) is 0. The summed E-state index contributed by atoms with van der Waals surface area (Å²) in [6.07, 6.45) is 0. The summed E-state index contributed by atoms with van der Waals surface area (Å²) in [5.74, 6) is -1.01. The standard InChI is InChI=1S/C15H15FN2O/c1-9-6-7-11(8-10(9)2)18-15(19)12-4-3-5-13(16)14(12)17/h3-8H,17H2,1-2H3,(H,18,19). The minimum Gasteiger partial charge on any atom is -0.396 e. The molecule has 19 heavy (non-hydrogen) atoms. The number of amides is 1. The van der Waals surface area contributed by atoms with Crippen LogP contribution in [0, 0.1) is 19.7 Å². The molecule has 0 aromatic heterocycles. The van der Waals surface area contributed by atoms with Crippen molar-refractivity contribution in [3.05, 3.63) is 58.9 Å². The SMILES string of the molecule is Cc1ccc(NC(=O)c2cccc(F)c2N)cc1C. The molecule has 3 nitrogen and oxygen atoms in total. The molecule has 0 aliphatic carbocycles. The van der Waals surface area contributed by atoms with Crippen LogP contribution in [0.4, 0.5) is 15.8 Å². The van der Waals surface area contributed by atoms with E-state index in [2.05, 4.69) is 5.32 Å². The van der Waals surface area contributed by atoms with Crippen LogP contribution in [0.5, 0.6) is 0 Å². The fourth-order valence-electron chi connectivity index (χ4n) is 1.75. The van der Waals surface area contributed by atoms with Gasteiger partial charge < -0.3 is 11.1 Å². The normalized spacial score (nSPS) is 10.3. The van der Waals surface area contributed by atoms with E-state index in [1.807, 2.05) is 26.0 Å². The first-order valence-electron chi connectivity index (χ1n) is 5.91. The zero-order valence-corrected chi connectivity index (χ0v) is 10.8. The van der Waals surface area contributed by atoms with Crippen molar-refractivity contribution >= 4 is 17.3 Å². The van der Waals surface area contributed by atoms with Crippen molar-refractivity contribution in [1.82, 2.24) is 0 Å². The Morgan fingerprint density at radius 2 is 1.89 bits per heavy atom. The topological polar surface area (TPSA) is 55.1 Å². The van der Waals surface area contributed by atoms with Crippen molar-refractivity contribution in [3.63, 3.8) is 0 Å². The first-order chi connectivity index (χ1) is 8.99. The number of para-hydroxylation sites is 1. The molecular formula is C15H15FN2O. The predicted molar refractivity (Wildman–Crippen MR) is 74.7 cm³/mol. The molecule has 2 rings (SSSR count). The average molecular weight is 258 g/mol. The van der Waals surface area contributed by atoms with Crippen molar-refractivity contribution in [3.8, 4) is 0 Å². The van der Waals surface area contributed by atoms with Crippen molar-refractivity contribution in [2.24, 2.45) is 0 Å². The van der Waals surface area contributed by atoms with Gasteiger partial charge in [0, 0.05) is 5.69 Å². The first-order valence-corrected chi connectivity index (χ1v) is 5.91. The van der Waals surface area contributed by atoms with Crippen LogP contribution in [0.1, 0.15) is 21.5 Å². The highest BCUT2D eigenvalue weighted by Gasteiger charge is 2.12. The molecule has 0 radical (unpaired) electrons. The number of aryl methyl sites for hydroxylation is 2.